The molecule has 9 heteroatoms. The monoisotopic (exact) mass is 454 g/mol. The standard InChI is InChI=1S/C23H26N4O4S/c1-4-27-20(14-31-17-10-8-9-16(3)13-17)25-26-23(27)32-15-21(28)24-19-12-7-6-11-18(19)22(29)30-5-2/h6-13H,4-5,14-15H2,1-3H3,(H,24,28). The average molecular weight is 455 g/mol. The smallest absolute Gasteiger partial charge is 0.340 e. The van der Waals surface area contributed by atoms with Crippen molar-refractivity contribution in [1.29, 1.82) is 0 Å². The van der Waals surface area contributed by atoms with E-state index in [9.17, 15) is 9.59 Å². The molecule has 3 rings (SSSR count). The van der Waals surface area contributed by atoms with Gasteiger partial charge in [-0.1, -0.05) is 36.0 Å². The first-order chi connectivity index (χ1) is 15.5. The lowest BCUT2D eigenvalue weighted by atomic mass is 10.2. The van der Waals surface area contributed by atoms with Gasteiger partial charge in [0.05, 0.1) is 23.6 Å². The van der Waals surface area contributed by atoms with Gasteiger partial charge in [-0.2, -0.15) is 0 Å². The van der Waals surface area contributed by atoms with Gasteiger partial charge in [0, 0.05) is 6.54 Å². The largest absolute Gasteiger partial charge is 0.486 e. The second kappa shape index (κ2) is 11.3. The third-order valence-corrected chi connectivity index (χ3v) is 5.46. The summed E-state index contributed by atoms with van der Waals surface area (Å²) < 4.78 is 12.8. The number of hydrogen-bond acceptors (Lipinski definition) is 7. The van der Waals surface area contributed by atoms with Gasteiger partial charge in [-0.3, -0.25) is 4.79 Å². The predicted molar refractivity (Wildman–Crippen MR) is 123 cm³/mol. The van der Waals surface area contributed by atoms with Gasteiger partial charge in [-0.05, 0) is 50.6 Å². The molecule has 1 N–H and O–H groups in total. The van der Waals surface area contributed by atoms with Gasteiger partial charge < -0.3 is 19.4 Å². The topological polar surface area (TPSA) is 95.3 Å². The van der Waals surface area contributed by atoms with Crippen LogP contribution in [-0.2, 0) is 22.7 Å². The molecule has 32 heavy (non-hydrogen) atoms. The van der Waals surface area contributed by atoms with Gasteiger partial charge in [0.2, 0.25) is 5.91 Å². The summed E-state index contributed by atoms with van der Waals surface area (Å²) in [5.74, 6) is 0.845. The Balaban J connectivity index is 1.60. The van der Waals surface area contributed by atoms with Gasteiger partial charge in [-0.15, -0.1) is 10.2 Å². The molecule has 8 nitrogen and oxygen atoms in total. The minimum atomic E-state index is -0.472. The zero-order valence-electron chi connectivity index (χ0n) is 18.3. The van der Waals surface area contributed by atoms with E-state index < -0.39 is 5.97 Å². The molecule has 3 aromatic rings. The molecule has 0 saturated carbocycles. The van der Waals surface area contributed by atoms with E-state index in [2.05, 4.69) is 15.5 Å². The average Bonchev–Trinajstić information content (AvgIpc) is 3.18. The molecule has 0 bridgehead atoms. The predicted octanol–water partition coefficient (Wildman–Crippen LogP) is 4.09. The van der Waals surface area contributed by atoms with Crippen molar-refractivity contribution in [2.24, 2.45) is 0 Å². The van der Waals surface area contributed by atoms with E-state index in [1.54, 1.807) is 31.2 Å². The van der Waals surface area contributed by atoms with Crippen LogP contribution >= 0.6 is 11.8 Å². The Morgan fingerprint density at radius 1 is 1.09 bits per heavy atom. The van der Waals surface area contributed by atoms with Crippen LogP contribution in [0.15, 0.2) is 53.7 Å². The highest BCUT2D eigenvalue weighted by Crippen LogP contribution is 2.21. The third-order valence-electron chi connectivity index (χ3n) is 4.50. The van der Waals surface area contributed by atoms with Crippen molar-refractivity contribution in [2.75, 3.05) is 17.7 Å². The Kier molecular flexibility index (Phi) is 8.27. The third kappa shape index (κ3) is 6.10. The summed E-state index contributed by atoms with van der Waals surface area (Å²) in [5, 5.41) is 11.8. The number of carbonyl (C=O) groups is 2. The molecule has 0 spiro atoms. The first-order valence-corrected chi connectivity index (χ1v) is 11.3. The van der Waals surface area contributed by atoms with Crippen molar-refractivity contribution < 1.29 is 19.1 Å². The fraction of sp³-hybridized carbons (Fsp3) is 0.304. The van der Waals surface area contributed by atoms with E-state index in [0.717, 1.165) is 11.3 Å². The first kappa shape index (κ1) is 23.3. The van der Waals surface area contributed by atoms with E-state index in [-0.39, 0.29) is 24.9 Å². The van der Waals surface area contributed by atoms with Crippen LogP contribution in [0.1, 0.15) is 35.6 Å². The Labute approximate surface area is 191 Å². The van der Waals surface area contributed by atoms with Crippen molar-refractivity contribution in [3.8, 4) is 5.75 Å². The number of ether oxygens (including phenoxy) is 2. The first-order valence-electron chi connectivity index (χ1n) is 10.3. The Morgan fingerprint density at radius 2 is 1.91 bits per heavy atom. The highest BCUT2D eigenvalue weighted by Gasteiger charge is 2.16. The summed E-state index contributed by atoms with van der Waals surface area (Å²) in [6.07, 6.45) is 0. The highest BCUT2D eigenvalue weighted by molar-refractivity contribution is 7.99. The molecule has 0 radical (unpaired) electrons. The SMILES string of the molecule is CCOC(=O)c1ccccc1NC(=O)CSc1nnc(COc2cccc(C)c2)n1CC. The molecular formula is C23H26N4O4S. The maximum Gasteiger partial charge on any atom is 0.340 e. The number of esters is 1. The summed E-state index contributed by atoms with van der Waals surface area (Å²) in [4.78, 5) is 24.6. The number of carbonyl (C=O) groups excluding carboxylic acids is 2. The van der Waals surface area contributed by atoms with Crippen LogP contribution in [0.4, 0.5) is 5.69 Å². The zero-order chi connectivity index (χ0) is 22.9. The van der Waals surface area contributed by atoms with E-state index in [1.165, 1.54) is 11.8 Å². The Hall–Kier alpha value is -3.33. The van der Waals surface area contributed by atoms with E-state index >= 15 is 0 Å². The molecule has 0 aliphatic heterocycles. The van der Waals surface area contributed by atoms with Gasteiger partial charge >= 0.3 is 5.97 Å². The van der Waals surface area contributed by atoms with Crippen molar-refractivity contribution >= 4 is 29.3 Å². The molecule has 0 aliphatic rings. The number of benzene rings is 2. The van der Waals surface area contributed by atoms with Crippen molar-refractivity contribution in [1.82, 2.24) is 14.8 Å². The Bertz CT molecular complexity index is 1080. The molecule has 1 heterocycles. The molecule has 2 aromatic carbocycles. The van der Waals surface area contributed by atoms with Gasteiger partial charge in [-0.25, -0.2) is 4.79 Å². The molecule has 0 aliphatic carbocycles. The number of para-hydroxylation sites is 1. The van der Waals surface area contributed by atoms with Crippen LogP contribution in [-0.4, -0.2) is 39.0 Å². The number of nitrogens with zero attached hydrogens (tertiary/aromatic N) is 3. The lowest BCUT2D eigenvalue weighted by Gasteiger charge is -2.11. The molecule has 0 atom stereocenters. The molecule has 168 valence electrons. The highest BCUT2D eigenvalue weighted by atomic mass is 32.2. The molecule has 1 aromatic heterocycles. The second-order valence-electron chi connectivity index (χ2n) is 6.85. The second-order valence-corrected chi connectivity index (χ2v) is 7.79. The van der Waals surface area contributed by atoms with Crippen LogP contribution < -0.4 is 10.1 Å². The van der Waals surface area contributed by atoms with Crippen LogP contribution in [0.3, 0.4) is 0 Å². The Morgan fingerprint density at radius 3 is 2.66 bits per heavy atom. The summed E-state index contributed by atoms with van der Waals surface area (Å²) in [5.41, 5.74) is 1.85. The van der Waals surface area contributed by atoms with Crippen LogP contribution in [0.2, 0.25) is 0 Å². The maximum atomic E-state index is 12.5. The van der Waals surface area contributed by atoms with Crippen LogP contribution in [0.5, 0.6) is 5.75 Å². The summed E-state index contributed by atoms with van der Waals surface area (Å²) in [7, 11) is 0. The zero-order valence-corrected chi connectivity index (χ0v) is 19.1. The fourth-order valence-electron chi connectivity index (χ4n) is 3.00. The summed E-state index contributed by atoms with van der Waals surface area (Å²) in [6.45, 7) is 6.92. The quantitative estimate of drug-likeness (QED) is 0.364. The van der Waals surface area contributed by atoms with Crippen molar-refractivity contribution in [3.05, 3.63) is 65.5 Å². The summed E-state index contributed by atoms with van der Waals surface area (Å²) in [6, 6.07) is 14.6. The van der Waals surface area contributed by atoms with Crippen LogP contribution in [0.25, 0.3) is 0 Å². The van der Waals surface area contributed by atoms with E-state index in [1.807, 2.05) is 42.7 Å². The van der Waals surface area contributed by atoms with Gasteiger partial charge in [0.15, 0.2) is 11.0 Å². The number of amides is 1. The van der Waals surface area contributed by atoms with E-state index in [4.69, 9.17) is 9.47 Å². The number of rotatable bonds is 10. The molecular weight excluding hydrogens is 428 g/mol. The normalized spacial score (nSPS) is 10.6. The number of thioether (sulfide) groups is 1. The molecule has 0 unspecified atom stereocenters. The lowest BCUT2D eigenvalue weighted by Crippen LogP contribution is -2.18. The minimum Gasteiger partial charge on any atom is -0.486 e. The number of aryl methyl sites for hydroxylation is 1. The lowest BCUT2D eigenvalue weighted by molar-refractivity contribution is -0.113. The molecule has 0 saturated heterocycles. The van der Waals surface area contributed by atoms with Crippen LogP contribution in [0, 0.1) is 6.92 Å². The minimum absolute atomic E-state index is 0.119. The van der Waals surface area contributed by atoms with E-state index in [0.29, 0.717) is 28.8 Å². The molecule has 0 fully saturated rings. The van der Waals surface area contributed by atoms with Crippen molar-refractivity contribution in [3.63, 3.8) is 0 Å². The maximum absolute atomic E-state index is 12.5. The number of anilines is 1. The van der Waals surface area contributed by atoms with Gasteiger partial charge in [0.1, 0.15) is 12.4 Å². The van der Waals surface area contributed by atoms with Crippen molar-refractivity contribution in [2.45, 2.75) is 39.1 Å². The summed E-state index contributed by atoms with van der Waals surface area (Å²) >= 11 is 1.27. The number of aromatic nitrogens is 3. The number of hydrogen-bond donors (Lipinski definition) is 1. The fourth-order valence-corrected chi connectivity index (χ4v) is 3.82. The number of nitrogens with one attached hydrogen (secondary N) is 1. The van der Waals surface area contributed by atoms with Gasteiger partial charge in [0.25, 0.3) is 0 Å². The molecule has 1 amide bonds.